The molecule has 5 N–H and O–H groups in total. The van der Waals surface area contributed by atoms with Crippen molar-refractivity contribution in [3.8, 4) is 0 Å². The highest BCUT2D eigenvalue weighted by Gasteiger charge is 2.41. The van der Waals surface area contributed by atoms with E-state index in [4.69, 9.17) is 5.73 Å². The zero-order valence-corrected chi connectivity index (χ0v) is 17.4. The lowest BCUT2D eigenvalue weighted by Gasteiger charge is -2.35. The Labute approximate surface area is 178 Å². The molecule has 1 aromatic carbocycles. The molecular weight excluding hydrogens is 400 g/mol. The van der Waals surface area contributed by atoms with E-state index >= 15 is 0 Å². The molecule has 30 heavy (non-hydrogen) atoms. The Hall–Kier alpha value is -3.04. The van der Waals surface area contributed by atoms with Crippen LogP contribution in [-0.4, -0.2) is 49.6 Å². The molecule has 1 atom stereocenters. The molecule has 0 spiro atoms. The highest BCUT2D eigenvalue weighted by molar-refractivity contribution is 8.09. The Morgan fingerprint density at radius 1 is 1.40 bits per heavy atom. The molecule has 0 saturated heterocycles. The molecule has 0 radical (unpaired) electrons. The molecule has 156 valence electrons. The van der Waals surface area contributed by atoms with Crippen molar-refractivity contribution in [3.05, 3.63) is 60.1 Å². The lowest BCUT2D eigenvalue weighted by atomic mass is 10.1. The monoisotopic (exact) mass is 424 g/mol. The fraction of sp³-hybridized carbons (Fsp3) is 0.286. The largest absolute Gasteiger partial charge is 0.465 e. The number of aromatic amines is 1. The third kappa shape index (κ3) is 3.99. The summed E-state index contributed by atoms with van der Waals surface area (Å²) in [6.45, 7) is 0.352. The third-order valence-electron chi connectivity index (χ3n) is 5.19. The van der Waals surface area contributed by atoms with Crippen molar-refractivity contribution in [2.75, 3.05) is 18.9 Å². The lowest BCUT2D eigenvalue weighted by Crippen LogP contribution is -2.54. The lowest BCUT2D eigenvalue weighted by molar-refractivity contribution is 0.116. The number of nitrogens with one attached hydrogen (secondary N) is 2. The average molecular weight is 425 g/mol. The standard InChI is InChI=1S/C21H24N6O2S/c1-23-19-24-11-9-17(26-19)18-8-10-21(22,30-18)27(20(28)29)12-4-5-14-13-25-16-7-3-2-6-15(14)16/h2-3,6-9,11,13,25H,4-5,10,12,22H2,1H3,(H,28,29)(H,23,24,26)/t21-/m0/s1. The van der Waals surface area contributed by atoms with Crippen molar-refractivity contribution in [1.29, 1.82) is 0 Å². The first-order valence-electron chi connectivity index (χ1n) is 9.75. The number of nitrogens with zero attached hydrogens (tertiary/aromatic N) is 3. The van der Waals surface area contributed by atoms with Crippen LogP contribution in [0.5, 0.6) is 0 Å². The van der Waals surface area contributed by atoms with Gasteiger partial charge in [0.25, 0.3) is 0 Å². The van der Waals surface area contributed by atoms with Gasteiger partial charge in [-0.3, -0.25) is 10.6 Å². The smallest absolute Gasteiger partial charge is 0.409 e. The van der Waals surface area contributed by atoms with E-state index in [1.165, 1.54) is 27.6 Å². The van der Waals surface area contributed by atoms with Gasteiger partial charge in [0.1, 0.15) is 4.99 Å². The van der Waals surface area contributed by atoms with Crippen LogP contribution < -0.4 is 11.1 Å². The minimum Gasteiger partial charge on any atom is -0.465 e. The Kier molecular flexibility index (Phi) is 5.65. The van der Waals surface area contributed by atoms with Gasteiger partial charge in [0.2, 0.25) is 5.95 Å². The van der Waals surface area contributed by atoms with Gasteiger partial charge in [-0.15, -0.1) is 0 Å². The minimum atomic E-state index is -1.05. The van der Waals surface area contributed by atoms with Gasteiger partial charge in [-0.1, -0.05) is 36.0 Å². The summed E-state index contributed by atoms with van der Waals surface area (Å²) in [5, 5.41) is 13.9. The quantitative estimate of drug-likeness (QED) is 0.427. The number of hydrogen-bond acceptors (Lipinski definition) is 6. The third-order valence-corrected chi connectivity index (χ3v) is 6.53. The zero-order valence-electron chi connectivity index (χ0n) is 16.6. The number of H-pyrrole nitrogens is 1. The first-order chi connectivity index (χ1) is 14.5. The van der Waals surface area contributed by atoms with E-state index in [9.17, 15) is 9.90 Å². The van der Waals surface area contributed by atoms with Gasteiger partial charge in [0.15, 0.2) is 0 Å². The summed E-state index contributed by atoms with van der Waals surface area (Å²) in [7, 11) is 1.75. The van der Waals surface area contributed by atoms with Crippen molar-refractivity contribution < 1.29 is 9.90 Å². The summed E-state index contributed by atoms with van der Waals surface area (Å²) in [6.07, 6.45) is 6.46. The predicted octanol–water partition coefficient (Wildman–Crippen LogP) is 3.70. The second-order valence-electron chi connectivity index (χ2n) is 7.13. The molecule has 0 fully saturated rings. The van der Waals surface area contributed by atoms with E-state index in [0.717, 1.165) is 22.5 Å². The molecule has 1 aliphatic rings. The van der Waals surface area contributed by atoms with Gasteiger partial charge in [-0.2, -0.15) is 0 Å². The molecule has 4 rings (SSSR count). The Bertz CT molecular complexity index is 1100. The number of amides is 1. The number of carboxylic acid groups (broad SMARTS) is 1. The number of benzene rings is 1. The van der Waals surface area contributed by atoms with E-state index in [1.54, 1.807) is 19.3 Å². The van der Waals surface area contributed by atoms with Crippen LogP contribution >= 0.6 is 11.8 Å². The number of anilines is 1. The Morgan fingerprint density at radius 3 is 3.03 bits per heavy atom. The summed E-state index contributed by atoms with van der Waals surface area (Å²) in [6, 6.07) is 9.91. The maximum Gasteiger partial charge on any atom is 0.409 e. The van der Waals surface area contributed by atoms with Crippen LogP contribution in [-0.2, 0) is 6.42 Å². The van der Waals surface area contributed by atoms with Crippen LogP contribution in [0.15, 0.2) is 48.8 Å². The average Bonchev–Trinajstić information content (AvgIpc) is 3.35. The first kappa shape index (κ1) is 20.2. The number of thioether (sulfide) groups is 1. The molecule has 0 unspecified atom stereocenters. The number of hydrogen-bond donors (Lipinski definition) is 4. The molecule has 0 aliphatic carbocycles. The fourth-order valence-electron chi connectivity index (χ4n) is 3.66. The fourth-order valence-corrected chi connectivity index (χ4v) is 4.88. The van der Waals surface area contributed by atoms with E-state index in [0.29, 0.717) is 25.3 Å². The molecule has 3 heterocycles. The van der Waals surface area contributed by atoms with Gasteiger partial charge in [-0.25, -0.2) is 14.8 Å². The summed E-state index contributed by atoms with van der Waals surface area (Å²) >= 11 is 1.33. The maximum absolute atomic E-state index is 12.0. The van der Waals surface area contributed by atoms with Gasteiger partial charge >= 0.3 is 6.09 Å². The number of para-hydroxylation sites is 1. The molecule has 8 nitrogen and oxygen atoms in total. The zero-order chi connectivity index (χ0) is 21.1. The molecular formula is C21H24N6O2S. The summed E-state index contributed by atoms with van der Waals surface area (Å²) < 4.78 is 0. The van der Waals surface area contributed by atoms with E-state index < -0.39 is 11.1 Å². The highest BCUT2D eigenvalue weighted by atomic mass is 32.2. The number of rotatable bonds is 7. The highest BCUT2D eigenvalue weighted by Crippen LogP contribution is 2.45. The maximum atomic E-state index is 12.0. The second-order valence-corrected chi connectivity index (χ2v) is 8.48. The van der Waals surface area contributed by atoms with Crippen LogP contribution in [0.4, 0.5) is 10.7 Å². The van der Waals surface area contributed by atoms with E-state index in [-0.39, 0.29) is 0 Å². The Balaban J connectivity index is 1.43. The van der Waals surface area contributed by atoms with Crippen LogP contribution in [0.2, 0.25) is 0 Å². The topological polar surface area (TPSA) is 120 Å². The van der Waals surface area contributed by atoms with E-state index in [1.807, 2.05) is 30.5 Å². The summed E-state index contributed by atoms with van der Waals surface area (Å²) in [4.78, 5) is 25.0. The first-order valence-corrected chi connectivity index (χ1v) is 10.6. The number of nitrogens with two attached hydrogens (primary N) is 1. The molecule has 9 heteroatoms. The minimum absolute atomic E-state index is 0.352. The van der Waals surface area contributed by atoms with Crippen LogP contribution in [0, 0.1) is 0 Å². The number of aryl methyl sites for hydroxylation is 1. The van der Waals surface area contributed by atoms with Crippen molar-refractivity contribution >= 4 is 39.6 Å². The SMILES string of the molecule is CNc1nccc(C2=CC[C@](N)(N(CCCc3c[nH]c4ccccc34)C(=O)O)S2)n1. The van der Waals surface area contributed by atoms with Crippen molar-refractivity contribution in [2.24, 2.45) is 5.73 Å². The molecule has 1 aliphatic heterocycles. The van der Waals surface area contributed by atoms with Gasteiger partial charge < -0.3 is 15.4 Å². The normalized spacial score (nSPS) is 18.4. The van der Waals surface area contributed by atoms with E-state index in [2.05, 4.69) is 26.3 Å². The molecule has 1 amide bonds. The second kappa shape index (κ2) is 8.37. The van der Waals surface area contributed by atoms with Crippen molar-refractivity contribution in [3.63, 3.8) is 0 Å². The number of fused-ring (bicyclic) bond motifs is 1. The van der Waals surface area contributed by atoms with Crippen molar-refractivity contribution in [1.82, 2.24) is 19.9 Å². The van der Waals surface area contributed by atoms with Gasteiger partial charge in [0.05, 0.1) is 5.69 Å². The molecule has 0 saturated carbocycles. The summed E-state index contributed by atoms with van der Waals surface area (Å²) in [5.74, 6) is 0.511. The number of carbonyl (C=O) groups is 1. The molecule has 0 bridgehead atoms. The number of aromatic nitrogens is 3. The molecule has 2 aromatic heterocycles. The molecule has 3 aromatic rings. The van der Waals surface area contributed by atoms with Crippen LogP contribution in [0.25, 0.3) is 15.8 Å². The van der Waals surface area contributed by atoms with Crippen molar-refractivity contribution in [2.45, 2.75) is 24.3 Å². The summed E-state index contributed by atoms with van der Waals surface area (Å²) in [5.41, 5.74) is 9.54. The van der Waals surface area contributed by atoms with Gasteiger partial charge in [-0.05, 0) is 30.5 Å². The Morgan fingerprint density at radius 2 is 2.23 bits per heavy atom. The van der Waals surface area contributed by atoms with Crippen LogP contribution in [0.1, 0.15) is 24.1 Å². The van der Waals surface area contributed by atoms with Gasteiger partial charge in [0, 0.05) is 48.2 Å². The van der Waals surface area contributed by atoms with Crippen LogP contribution in [0.3, 0.4) is 0 Å². The predicted molar refractivity (Wildman–Crippen MR) is 120 cm³/mol.